The van der Waals surface area contributed by atoms with Crippen molar-refractivity contribution in [2.45, 2.75) is 19.6 Å². The van der Waals surface area contributed by atoms with Crippen LogP contribution in [0.2, 0.25) is 5.02 Å². The second kappa shape index (κ2) is 10.8. The van der Waals surface area contributed by atoms with Gasteiger partial charge in [0.05, 0.1) is 12.1 Å². The smallest absolute Gasteiger partial charge is 0.416 e. The number of aromatic nitrogens is 4. The number of aryl methyl sites for hydroxylation is 1. The maximum Gasteiger partial charge on any atom is 0.416 e. The van der Waals surface area contributed by atoms with Gasteiger partial charge in [0.25, 0.3) is 0 Å². The summed E-state index contributed by atoms with van der Waals surface area (Å²) in [7, 11) is 0. The number of ketones is 2. The van der Waals surface area contributed by atoms with Crippen LogP contribution in [0, 0.1) is 6.92 Å². The summed E-state index contributed by atoms with van der Waals surface area (Å²) in [5.74, 6) is -0.924. The van der Waals surface area contributed by atoms with E-state index in [-0.39, 0.29) is 18.9 Å². The molecule has 2 aromatic carbocycles. The van der Waals surface area contributed by atoms with E-state index in [1.54, 1.807) is 25.1 Å². The summed E-state index contributed by atoms with van der Waals surface area (Å²) >= 11 is 6.06. The lowest BCUT2D eigenvalue weighted by Gasteiger charge is -2.08. The van der Waals surface area contributed by atoms with Gasteiger partial charge in [-0.25, -0.2) is 0 Å². The molecule has 3 aromatic rings. The molecule has 0 spiro atoms. The minimum Gasteiger partial charge on any atom is -0.454 e. The molecule has 0 saturated carbocycles. The molecule has 1 aliphatic rings. The molecular formula is C25H18ClF3N4O4. The van der Waals surface area contributed by atoms with Gasteiger partial charge in [-0.15, -0.1) is 10.2 Å². The highest BCUT2D eigenvalue weighted by Gasteiger charge is 2.32. The van der Waals surface area contributed by atoms with E-state index in [0.29, 0.717) is 45.6 Å². The van der Waals surface area contributed by atoms with Crippen LogP contribution in [0.5, 0.6) is 11.5 Å². The zero-order valence-electron chi connectivity index (χ0n) is 19.2. The zero-order chi connectivity index (χ0) is 26.6. The zero-order valence-corrected chi connectivity index (χ0v) is 20.0. The highest BCUT2D eigenvalue weighted by Crippen LogP contribution is 2.35. The number of carbonyl (C=O) groups excluding carboxylic acids is 2. The lowest BCUT2D eigenvalue weighted by Crippen LogP contribution is -2.12. The van der Waals surface area contributed by atoms with Gasteiger partial charge in [0.15, 0.2) is 17.3 Å². The van der Waals surface area contributed by atoms with E-state index in [1.807, 2.05) is 0 Å². The maximum atomic E-state index is 13.5. The second-order valence-electron chi connectivity index (χ2n) is 7.82. The molecule has 4 rings (SSSR count). The van der Waals surface area contributed by atoms with E-state index < -0.39 is 23.3 Å². The van der Waals surface area contributed by atoms with Crippen molar-refractivity contribution in [2.75, 3.05) is 6.79 Å². The predicted octanol–water partition coefficient (Wildman–Crippen LogP) is 4.77. The number of hydrogen-bond acceptors (Lipinski definition) is 7. The number of hydrogen-bond donors (Lipinski definition) is 0. The van der Waals surface area contributed by atoms with E-state index in [4.69, 9.17) is 21.1 Å². The average molecular weight is 531 g/mol. The Balaban J connectivity index is 1.49. The average Bonchev–Trinajstić information content (AvgIpc) is 3.48. The van der Waals surface area contributed by atoms with Crippen molar-refractivity contribution in [3.8, 4) is 11.5 Å². The van der Waals surface area contributed by atoms with Crippen molar-refractivity contribution >= 4 is 35.3 Å². The summed E-state index contributed by atoms with van der Waals surface area (Å²) in [6, 6.07) is 9.15. The molecule has 2 heterocycles. The summed E-state index contributed by atoms with van der Waals surface area (Å²) in [6.07, 6.45) is -0.427. The van der Waals surface area contributed by atoms with Crippen molar-refractivity contribution in [1.29, 1.82) is 0 Å². The van der Waals surface area contributed by atoms with Gasteiger partial charge in [-0.2, -0.15) is 18.0 Å². The lowest BCUT2D eigenvalue weighted by molar-refractivity contribution is -0.130. The predicted molar refractivity (Wildman–Crippen MR) is 128 cm³/mol. The number of alkyl halides is 3. The molecule has 1 aliphatic heterocycles. The second-order valence-corrected chi connectivity index (χ2v) is 8.25. The van der Waals surface area contributed by atoms with Crippen molar-refractivity contribution in [1.82, 2.24) is 20.2 Å². The van der Waals surface area contributed by atoms with Crippen LogP contribution in [0.15, 0.2) is 60.2 Å². The first-order valence-electron chi connectivity index (χ1n) is 10.7. The number of tetrazole rings is 1. The van der Waals surface area contributed by atoms with Crippen LogP contribution in [-0.2, 0) is 16.1 Å². The van der Waals surface area contributed by atoms with Crippen LogP contribution >= 0.6 is 11.6 Å². The van der Waals surface area contributed by atoms with Crippen LogP contribution in [0.1, 0.15) is 22.5 Å². The molecule has 0 fully saturated rings. The molecule has 12 heteroatoms. The number of rotatable bonds is 8. The fourth-order valence-electron chi connectivity index (χ4n) is 3.32. The third kappa shape index (κ3) is 6.70. The Kier molecular flexibility index (Phi) is 7.53. The highest BCUT2D eigenvalue weighted by molar-refractivity contribution is 6.46. The molecule has 8 nitrogen and oxygen atoms in total. The van der Waals surface area contributed by atoms with E-state index in [9.17, 15) is 22.8 Å². The summed E-state index contributed by atoms with van der Waals surface area (Å²) in [5, 5.41) is 12.2. The first kappa shape index (κ1) is 25.8. The number of carbonyl (C=O) groups is 2. The van der Waals surface area contributed by atoms with Gasteiger partial charge in [-0.05, 0) is 77.4 Å². The van der Waals surface area contributed by atoms with E-state index in [0.717, 1.165) is 12.2 Å². The standard InChI is InChI=1S/C25H18ClF3N4O4/c1-15-30-32-33(31-15)13-18-12-20(26)6-3-17(18)4-7-21(34)22(35)8-5-19(25(27,28)29)10-16-2-9-23-24(11-16)37-14-36-23/h2-12H,13-14H2,1H3. The summed E-state index contributed by atoms with van der Waals surface area (Å²) in [4.78, 5) is 25.9. The number of fused-ring (bicyclic) bond motifs is 1. The molecule has 0 N–H and O–H groups in total. The molecule has 190 valence electrons. The SMILES string of the molecule is Cc1nnn(Cc2cc(Cl)ccc2C=CC(=O)C(=O)C=CC(=Cc2ccc3c(c2)OCO3)C(F)(F)F)n1. The van der Waals surface area contributed by atoms with Crippen LogP contribution in [0.3, 0.4) is 0 Å². The molecule has 1 aromatic heterocycles. The van der Waals surface area contributed by atoms with Crippen molar-refractivity contribution in [2.24, 2.45) is 0 Å². The van der Waals surface area contributed by atoms with Gasteiger partial charge >= 0.3 is 6.18 Å². The Morgan fingerprint density at radius 1 is 1.05 bits per heavy atom. The van der Waals surface area contributed by atoms with Gasteiger partial charge in [0.2, 0.25) is 18.4 Å². The minimum atomic E-state index is -4.77. The number of allylic oxidation sites excluding steroid dienone is 4. The Labute approximate surface area is 213 Å². The third-order valence-corrected chi connectivity index (χ3v) is 5.32. The minimum absolute atomic E-state index is 0.0206. The highest BCUT2D eigenvalue weighted by atomic mass is 35.5. The van der Waals surface area contributed by atoms with Gasteiger partial charge in [0, 0.05) is 5.02 Å². The quantitative estimate of drug-likeness (QED) is 0.235. The Morgan fingerprint density at radius 3 is 2.54 bits per heavy atom. The summed E-state index contributed by atoms with van der Waals surface area (Å²) < 4.78 is 51.0. The maximum absolute atomic E-state index is 13.5. The molecule has 0 radical (unpaired) electrons. The van der Waals surface area contributed by atoms with Crippen molar-refractivity contribution in [3.05, 3.63) is 87.7 Å². The summed E-state index contributed by atoms with van der Waals surface area (Å²) in [5.41, 5.74) is 0.255. The third-order valence-electron chi connectivity index (χ3n) is 5.09. The lowest BCUT2D eigenvalue weighted by atomic mass is 10.1. The van der Waals surface area contributed by atoms with Gasteiger partial charge in [-0.1, -0.05) is 29.8 Å². The molecule has 0 saturated heterocycles. The van der Waals surface area contributed by atoms with Crippen LogP contribution in [0.4, 0.5) is 13.2 Å². The van der Waals surface area contributed by atoms with Crippen LogP contribution < -0.4 is 9.47 Å². The number of halogens is 4. The monoisotopic (exact) mass is 530 g/mol. The van der Waals surface area contributed by atoms with Gasteiger partial charge in [0.1, 0.15) is 0 Å². The van der Waals surface area contributed by atoms with Crippen molar-refractivity contribution < 1.29 is 32.2 Å². The fraction of sp³-hybridized carbons (Fsp3) is 0.160. The Hall–Kier alpha value is -4.25. The van der Waals surface area contributed by atoms with E-state index in [1.165, 1.54) is 29.1 Å². The molecule has 0 amide bonds. The number of nitrogens with zero attached hydrogens (tertiary/aromatic N) is 4. The first-order valence-corrected chi connectivity index (χ1v) is 11.1. The van der Waals surface area contributed by atoms with E-state index in [2.05, 4.69) is 15.4 Å². The van der Waals surface area contributed by atoms with Gasteiger partial charge < -0.3 is 9.47 Å². The Bertz CT molecular complexity index is 1440. The molecule has 0 atom stereocenters. The number of benzene rings is 2. The molecule has 0 bridgehead atoms. The largest absolute Gasteiger partial charge is 0.454 e. The van der Waals surface area contributed by atoms with Gasteiger partial charge in [-0.3, -0.25) is 9.59 Å². The van der Waals surface area contributed by atoms with Crippen LogP contribution in [-0.4, -0.2) is 44.7 Å². The fourth-order valence-corrected chi connectivity index (χ4v) is 3.51. The normalized spacial score (nSPS) is 13.6. The topological polar surface area (TPSA) is 96.2 Å². The first-order chi connectivity index (χ1) is 17.6. The van der Waals surface area contributed by atoms with Crippen molar-refractivity contribution in [3.63, 3.8) is 0 Å². The summed E-state index contributed by atoms with van der Waals surface area (Å²) in [6.45, 7) is 1.85. The van der Waals surface area contributed by atoms with E-state index >= 15 is 0 Å². The van der Waals surface area contributed by atoms with Crippen LogP contribution in [0.25, 0.3) is 12.2 Å². The molecular weight excluding hydrogens is 513 g/mol. The molecule has 0 unspecified atom stereocenters. The number of ether oxygens (including phenoxy) is 2. The Morgan fingerprint density at radius 2 is 1.81 bits per heavy atom. The molecule has 0 aliphatic carbocycles. The molecule has 37 heavy (non-hydrogen) atoms.